The number of thiophene rings is 1. The molecule has 0 aliphatic heterocycles. The third-order valence-electron chi connectivity index (χ3n) is 2.23. The molecule has 0 saturated heterocycles. The fourth-order valence-corrected chi connectivity index (χ4v) is 2.03. The summed E-state index contributed by atoms with van der Waals surface area (Å²) in [6.07, 6.45) is 1.23. The first-order valence-corrected chi connectivity index (χ1v) is 6.04. The third kappa shape index (κ3) is 5.28. The lowest BCUT2D eigenvalue weighted by atomic mass is 10.2. The molecule has 0 saturated carbocycles. The van der Waals surface area contributed by atoms with Gasteiger partial charge < -0.3 is 14.8 Å². The zero-order chi connectivity index (χ0) is 10.9. The zero-order valence-corrected chi connectivity index (χ0v) is 10.2. The van der Waals surface area contributed by atoms with E-state index in [1.165, 1.54) is 5.56 Å². The molecule has 1 aromatic heterocycles. The Labute approximate surface area is 95.4 Å². The minimum absolute atomic E-state index is 0.150. The predicted octanol–water partition coefficient (Wildman–Crippen LogP) is 1.54. The van der Waals surface area contributed by atoms with Gasteiger partial charge >= 0.3 is 0 Å². The van der Waals surface area contributed by atoms with Gasteiger partial charge in [-0.2, -0.15) is 11.3 Å². The van der Waals surface area contributed by atoms with Crippen LogP contribution in [-0.4, -0.2) is 40.0 Å². The van der Waals surface area contributed by atoms with E-state index in [4.69, 9.17) is 9.47 Å². The first-order chi connectivity index (χ1) is 7.36. The van der Waals surface area contributed by atoms with Crippen molar-refractivity contribution in [1.82, 2.24) is 5.32 Å². The largest absolute Gasteiger partial charge is 0.382 e. The molecular formula is C11H19NO2S. The number of hydrogen-bond acceptors (Lipinski definition) is 4. The third-order valence-corrected chi connectivity index (χ3v) is 2.96. The predicted molar refractivity (Wildman–Crippen MR) is 63.6 cm³/mol. The second-order valence-corrected chi connectivity index (χ2v) is 4.18. The molecule has 0 aliphatic rings. The Morgan fingerprint density at radius 3 is 2.93 bits per heavy atom. The second kappa shape index (κ2) is 7.82. The summed E-state index contributed by atoms with van der Waals surface area (Å²) in [6, 6.07) is 2.16. The van der Waals surface area contributed by atoms with E-state index in [-0.39, 0.29) is 6.10 Å². The second-order valence-electron chi connectivity index (χ2n) is 3.40. The van der Waals surface area contributed by atoms with Gasteiger partial charge in [-0.25, -0.2) is 0 Å². The maximum atomic E-state index is 5.24. The van der Waals surface area contributed by atoms with Gasteiger partial charge in [0.25, 0.3) is 0 Å². The van der Waals surface area contributed by atoms with Gasteiger partial charge in [-0.1, -0.05) is 0 Å². The van der Waals surface area contributed by atoms with Crippen molar-refractivity contribution in [2.45, 2.75) is 12.5 Å². The van der Waals surface area contributed by atoms with E-state index in [0.29, 0.717) is 6.61 Å². The number of nitrogens with one attached hydrogen (secondary N) is 1. The lowest BCUT2D eigenvalue weighted by molar-refractivity contribution is 0.0291. The highest BCUT2D eigenvalue weighted by molar-refractivity contribution is 7.07. The molecule has 0 aromatic carbocycles. The van der Waals surface area contributed by atoms with Crippen molar-refractivity contribution in [1.29, 1.82) is 0 Å². The molecule has 0 fully saturated rings. The summed E-state index contributed by atoms with van der Waals surface area (Å²) >= 11 is 1.74. The molecule has 1 N–H and O–H groups in total. The molecule has 0 aliphatic carbocycles. The fourth-order valence-electron chi connectivity index (χ4n) is 1.33. The van der Waals surface area contributed by atoms with Crippen molar-refractivity contribution in [2.24, 2.45) is 0 Å². The van der Waals surface area contributed by atoms with Gasteiger partial charge in [0.05, 0.1) is 12.7 Å². The van der Waals surface area contributed by atoms with E-state index < -0.39 is 0 Å². The number of rotatable bonds is 8. The number of methoxy groups -OCH3 is 2. The Morgan fingerprint density at radius 2 is 2.33 bits per heavy atom. The molecule has 1 heterocycles. The average molecular weight is 229 g/mol. The molecule has 0 amide bonds. The zero-order valence-electron chi connectivity index (χ0n) is 9.36. The van der Waals surface area contributed by atoms with E-state index in [1.807, 2.05) is 0 Å². The lowest BCUT2D eigenvalue weighted by Gasteiger charge is -2.14. The molecule has 0 spiro atoms. The van der Waals surface area contributed by atoms with Crippen molar-refractivity contribution in [3.63, 3.8) is 0 Å². The summed E-state index contributed by atoms with van der Waals surface area (Å²) < 4.78 is 10.3. The molecule has 0 radical (unpaired) electrons. The Balaban J connectivity index is 2.05. The highest BCUT2D eigenvalue weighted by atomic mass is 32.1. The van der Waals surface area contributed by atoms with Crippen LogP contribution in [0.25, 0.3) is 0 Å². The summed E-state index contributed by atoms with van der Waals surface area (Å²) in [5.41, 5.74) is 1.40. The normalized spacial score (nSPS) is 12.9. The van der Waals surface area contributed by atoms with Gasteiger partial charge in [-0.05, 0) is 35.4 Å². The smallest absolute Gasteiger partial charge is 0.0928 e. The van der Waals surface area contributed by atoms with E-state index in [1.54, 1.807) is 25.6 Å². The van der Waals surface area contributed by atoms with Gasteiger partial charge in [0, 0.05) is 20.8 Å². The van der Waals surface area contributed by atoms with Crippen LogP contribution >= 0.6 is 11.3 Å². The van der Waals surface area contributed by atoms with E-state index in [9.17, 15) is 0 Å². The number of hydrogen-bond donors (Lipinski definition) is 1. The highest BCUT2D eigenvalue weighted by Crippen LogP contribution is 2.05. The molecule has 86 valence electrons. The minimum Gasteiger partial charge on any atom is -0.382 e. The Morgan fingerprint density at radius 1 is 1.47 bits per heavy atom. The minimum atomic E-state index is 0.150. The van der Waals surface area contributed by atoms with Crippen LogP contribution in [0.5, 0.6) is 0 Å². The van der Waals surface area contributed by atoms with Crippen molar-refractivity contribution in [2.75, 3.05) is 33.9 Å². The summed E-state index contributed by atoms with van der Waals surface area (Å²) in [7, 11) is 3.40. The van der Waals surface area contributed by atoms with Crippen LogP contribution in [0, 0.1) is 0 Å². The topological polar surface area (TPSA) is 30.5 Å². The van der Waals surface area contributed by atoms with Crippen molar-refractivity contribution in [3.05, 3.63) is 22.4 Å². The summed E-state index contributed by atoms with van der Waals surface area (Å²) in [5.74, 6) is 0. The van der Waals surface area contributed by atoms with Gasteiger partial charge in [-0.15, -0.1) is 0 Å². The standard InChI is InChI=1S/C11H19NO2S/c1-13-8-11(14-2)7-12-5-3-10-4-6-15-9-10/h4,6,9,11-12H,3,5,7-8H2,1-2H3. The summed E-state index contributed by atoms with van der Waals surface area (Å²) in [5, 5.41) is 7.65. The van der Waals surface area contributed by atoms with Crippen LogP contribution in [0.4, 0.5) is 0 Å². The molecule has 1 rings (SSSR count). The Kier molecular flexibility index (Phi) is 6.59. The van der Waals surface area contributed by atoms with E-state index >= 15 is 0 Å². The van der Waals surface area contributed by atoms with Crippen molar-refractivity contribution < 1.29 is 9.47 Å². The van der Waals surface area contributed by atoms with Crippen molar-refractivity contribution >= 4 is 11.3 Å². The van der Waals surface area contributed by atoms with Gasteiger partial charge in [0.2, 0.25) is 0 Å². The van der Waals surface area contributed by atoms with Crippen LogP contribution in [-0.2, 0) is 15.9 Å². The summed E-state index contributed by atoms with van der Waals surface area (Å²) in [6.45, 7) is 2.47. The molecule has 0 bridgehead atoms. The molecule has 4 heteroatoms. The maximum absolute atomic E-state index is 5.24. The van der Waals surface area contributed by atoms with Crippen LogP contribution in [0.1, 0.15) is 5.56 Å². The Hall–Kier alpha value is -0.420. The van der Waals surface area contributed by atoms with Crippen LogP contribution in [0.2, 0.25) is 0 Å². The first kappa shape index (κ1) is 12.6. The molecule has 1 unspecified atom stereocenters. The monoisotopic (exact) mass is 229 g/mol. The molecule has 3 nitrogen and oxygen atoms in total. The highest BCUT2D eigenvalue weighted by Gasteiger charge is 2.05. The number of ether oxygens (including phenoxy) is 2. The first-order valence-electron chi connectivity index (χ1n) is 5.10. The Bertz CT molecular complexity index is 239. The lowest BCUT2D eigenvalue weighted by Crippen LogP contribution is -2.32. The molecular weight excluding hydrogens is 210 g/mol. The van der Waals surface area contributed by atoms with Crippen LogP contribution < -0.4 is 5.32 Å². The van der Waals surface area contributed by atoms with Gasteiger partial charge in [-0.3, -0.25) is 0 Å². The van der Waals surface area contributed by atoms with Crippen LogP contribution in [0.3, 0.4) is 0 Å². The average Bonchev–Trinajstić information content (AvgIpc) is 2.75. The quantitative estimate of drug-likeness (QED) is 0.686. The molecule has 1 atom stereocenters. The fraction of sp³-hybridized carbons (Fsp3) is 0.636. The summed E-state index contributed by atoms with van der Waals surface area (Å²) in [4.78, 5) is 0. The van der Waals surface area contributed by atoms with E-state index in [0.717, 1.165) is 19.5 Å². The van der Waals surface area contributed by atoms with Crippen molar-refractivity contribution in [3.8, 4) is 0 Å². The van der Waals surface area contributed by atoms with Gasteiger partial charge in [0.15, 0.2) is 0 Å². The van der Waals surface area contributed by atoms with Gasteiger partial charge in [0.1, 0.15) is 0 Å². The molecule has 15 heavy (non-hydrogen) atoms. The van der Waals surface area contributed by atoms with Crippen LogP contribution in [0.15, 0.2) is 16.8 Å². The maximum Gasteiger partial charge on any atom is 0.0928 e. The molecule has 1 aromatic rings. The van der Waals surface area contributed by atoms with E-state index in [2.05, 4.69) is 22.1 Å². The SMILES string of the molecule is COCC(CNCCc1ccsc1)OC.